The standard InChI is InChI=1S/C17H13ClN2O6S/c1-20(12-7-6-9(18)8-11(12)17(23)24)14(16(19)22)15(21)10-4-2-3-5-13(10)27(20,25)26/h2-8H,1H3,(H3-,19,21,22,23,24)/p+1. The summed E-state index contributed by atoms with van der Waals surface area (Å²) in [6, 6.07) is 9.05. The molecule has 140 valence electrons. The van der Waals surface area contributed by atoms with Crippen LogP contribution in [0.15, 0.2) is 53.1 Å². The highest BCUT2D eigenvalue weighted by Crippen LogP contribution is 2.45. The van der Waals surface area contributed by atoms with Crippen molar-refractivity contribution in [2.45, 2.75) is 4.90 Å². The molecule has 0 fully saturated rings. The molecule has 2 aromatic rings. The maximum Gasteiger partial charge on any atom is 0.341 e. The Morgan fingerprint density at radius 2 is 1.78 bits per heavy atom. The number of benzene rings is 2. The summed E-state index contributed by atoms with van der Waals surface area (Å²) in [5.74, 6) is -3.30. The number of sulfonamides is 1. The van der Waals surface area contributed by atoms with Crippen LogP contribution in [0.4, 0.5) is 5.69 Å². The number of aliphatic hydroxyl groups is 1. The number of primary amides is 1. The molecule has 1 atom stereocenters. The van der Waals surface area contributed by atoms with Gasteiger partial charge in [-0.05, 0) is 24.3 Å². The molecule has 0 spiro atoms. The Kier molecular flexibility index (Phi) is 4.26. The van der Waals surface area contributed by atoms with Crippen LogP contribution in [-0.2, 0) is 14.8 Å². The van der Waals surface area contributed by atoms with Crippen molar-refractivity contribution in [1.82, 2.24) is 3.89 Å². The second-order valence-corrected chi connectivity index (χ2v) is 8.48. The number of nitrogens with zero attached hydrogens (tertiary/aromatic N) is 1. The van der Waals surface area contributed by atoms with Gasteiger partial charge < -0.3 is 15.9 Å². The maximum atomic E-state index is 13.4. The Bertz CT molecular complexity index is 1140. The Morgan fingerprint density at radius 3 is 2.37 bits per heavy atom. The normalized spacial score (nSPS) is 20.8. The van der Waals surface area contributed by atoms with Gasteiger partial charge in [0.1, 0.15) is 10.5 Å². The van der Waals surface area contributed by atoms with Gasteiger partial charge in [-0.2, -0.15) is 8.42 Å². The van der Waals surface area contributed by atoms with Crippen LogP contribution < -0.4 is 9.62 Å². The number of quaternary nitrogens is 1. The van der Waals surface area contributed by atoms with Crippen LogP contribution in [0.1, 0.15) is 15.9 Å². The van der Waals surface area contributed by atoms with E-state index in [1.165, 1.54) is 36.4 Å². The van der Waals surface area contributed by atoms with E-state index < -0.39 is 42.8 Å². The van der Waals surface area contributed by atoms with Crippen molar-refractivity contribution in [2.24, 2.45) is 5.73 Å². The smallest absolute Gasteiger partial charge is 0.341 e. The number of carbonyl (C=O) groups excluding carboxylic acids is 1. The van der Waals surface area contributed by atoms with Gasteiger partial charge in [0.05, 0.1) is 7.05 Å². The second kappa shape index (κ2) is 6.08. The molecule has 1 amide bonds. The molecule has 0 aliphatic carbocycles. The van der Waals surface area contributed by atoms with Crippen LogP contribution in [-0.4, -0.2) is 37.6 Å². The molecule has 1 heterocycles. The summed E-state index contributed by atoms with van der Waals surface area (Å²) in [4.78, 5) is 23.6. The summed E-state index contributed by atoms with van der Waals surface area (Å²) in [5, 5.41) is 20.2. The van der Waals surface area contributed by atoms with E-state index in [-0.39, 0.29) is 21.2 Å². The van der Waals surface area contributed by atoms with Crippen LogP contribution in [0.5, 0.6) is 0 Å². The molecular weight excluding hydrogens is 396 g/mol. The molecule has 8 nitrogen and oxygen atoms in total. The van der Waals surface area contributed by atoms with Crippen molar-refractivity contribution in [3.63, 3.8) is 0 Å². The number of carboxylic acid groups (broad SMARTS) is 1. The maximum absolute atomic E-state index is 13.4. The number of amides is 1. The average molecular weight is 410 g/mol. The van der Waals surface area contributed by atoms with Crippen molar-refractivity contribution in [3.8, 4) is 0 Å². The van der Waals surface area contributed by atoms with Gasteiger partial charge in [-0.15, -0.1) is 3.89 Å². The van der Waals surface area contributed by atoms with E-state index in [1.54, 1.807) is 0 Å². The Labute approximate surface area is 159 Å². The molecule has 10 heteroatoms. The van der Waals surface area contributed by atoms with Crippen molar-refractivity contribution in [1.29, 1.82) is 0 Å². The minimum atomic E-state index is -4.42. The lowest BCUT2D eigenvalue weighted by Crippen LogP contribution is -2.55. The molecule has 1 aliphatic rings. The summed E-state index contributed by atoms with van der Waals surface area (Å²) in [6.07, 6.45) is 0. The first-order valence-electron chi connectivity index (χ1n) is 7.51. The molecule has 0 aromatic heterocycles. The van der Waals surface area contributed by atoms with Gasteiger partial charge in [-0.25, -0.2) is 4.79 Å². The number of nitrogens with two attached hydrogens (primary N) is 1. The fourth-order valence-corrected chi connectivity index (χ4v) is 5.26. The molecular formula is C17H14ClN2O6S+. The summed E-state index contributed by atoms with van der Waals surface area (Å²) < 4.78 is 25.5. The van der Waals surface area contributed by atoms with Crippen LogP contribution in [0.25, 0.3) is 5.76 Å². The Balaban J connectivity index is 2.53. The first-order chi connectivity index (χ1) is 12.5. The molecule has 1 aliphatic heterocycles. The summed E-state index contributed by atoms with van der Waals surface area (Å²) >= 11 is 5.85. The fourth-order valence-electron chi connectivity index (χ4n) is 3.16. The summed E-state index contributed by atoms with van der Waals surface area (Å²) in [5.41, 5.74) is 3.90. The van der Waals surface area contributed by atoms with Crippen molar-refractivity contribution in [3.05, 3.63) is 64.3 Å². The number of rotatable bonds is 3. The first-order valence-corrected chi connectivity index (χ1v) is 9.33. The molecule has 1 unspecified atom stereocenters. The molecule has 0 bridgehead atoms. The summed E-state index contributed by atoms with van der Waals surface area (Å²) in [7, 11) is -3.34. The molecule has 27 heavy (non-hydrogen) atoms. The van der Waals surface area contributed by atoms with E-state index in [2.05, 4.69) is 0 Å². The minimum Gasteiger partial charge on any atom is -0.502 e. The van der Waals surface area contributed by atoms with E-state index >= 15 is 0 Å². The lowest BCUT2D eigenvalue weighted by molar-refractivity contribution is -0.115. The topological polar surface area (TPSA) is 135 Å². The largest absolute Gasteiger partial charge is 0.502 e. The van der Waals surface area contributed by atoms with Gasteiger partial charge in [0.15, 0.2) is 11.4 Å². The van der Waals surface area contributed by atoms with Gasteiger partial charge in [0.2, 0.25) is 0 Å². The monoisotopic (exact) mass is 409 g/mol. The predicted octanol–water partition coefficient (Wildman–Crippen LogP) is 2.09. The third-order valence-electron chi connectivity index (χ3n) is 4.43. The Morgan fingerprint density at radius 1 is 1.15 bits per heavy atom. The molecule has 2 aromatic carbocycles. The van der Waals surface area contributed by atoms with Gasteiger partial charge in [0, 0.05) is 16.7 Å². The van der Waals surface area contributed by atoms with E-state index in [4.69, 9.17) is 17.3 Å². The molecule has 0 saturated carbocycles. The molecule has 3 rings (SSSR count). The van der Waals surface area contributed by atoms with Gasteiger partial charge in [0.25, 0.3) is 5.70 Å². The van der Waals surface area contributed by atoms with Crippen LogP contribution >= 0.6 is 11.6 Å². The number of hydrogen-bond acceptors (Lipinski definition) is 5. The zero-order valence-corrected chi connectivity index (χ0v) is 15.5. The molecule has 4 N–H and O–H groups in total. The van der Waals surface area contributed by atoms with Crippen molar-refractivity contribution < 1.29 is 28.2 Å². The Hall–Kier alpha value is -2.88. The van der Waals surface area contributed by atoms with Gasteiger partial charge in [-0.1, -0.05) is 23.7 Å². The first kappa shape index (κ1) is 18.9. The number of aliphatic hydroxyl groups excluding tert-OH is 1. The lowest BCUT2D eigenvalue weighted by atomic mass is 10.1. The lowest BCUT2D eigenvalue weighted by Gasteiger charge is -2.36. The van der Waals surface area contributed by atoms with Crippen molar-refractivity contribution >= 4 is 44.9 Å². The van der Waals surface area contributed by atoms with Gasteiger partial charge >= 0.3 is 21.9 Å². The predicted molar refractivity (Wildman–Crippen MR) is 98.5 cm³/mol. The minimum absolute atomic E-state index is 0.0615. The van der Waals surface area contributed by atoms with Crippen molar-refractivity contribution in [2.75, 3.05) is 7.05 Å². The third-order valence-corrected chi connectivity index (χ3v) is 6.92. The number of aromatic carboxylic acids is 1. The van der Waals surface area contributed by atoms with Gasteiger partial charge in [-0.3, -0.25) is 4.79 Å². The number of carbonyl (C=O) groups is 2. The zero-order chi connectivity index (χ0) is 20.1. The number of carboxylic acids is 1. The van der Waals surface area contributed by atoms with E-state index in [1.807, 2.05) is 0 Å². The number of fused-ring (bicyclic) bond motifs is 1. The second-order valence-electron chi connectivity index (χ2n) is 5.92. The fraction of sp³-hybridized carbons (Fsp3) is 0.0588. The van der Waals surface area contributed by atoms with E-state index in [9.17, 15) is 28.2 Å². The number of likely N-dealkylation sites (N-methyl/N-ethyl adjacent to an activating group) is 1. The van der Waals surface area contributed by atoms with E-state index in [0.29, 0.717) is 0 Å². The molecule has 0 saturated heterocycles. The zero-order valence-electron chi connectivity index (χ0n) is 13.9. The number of hydrogen-bond donors (Lipinski definition) is 3. The highest BCUT2D eigenvalue weighted by atomic mass is 35.5. The quantitative estimate of drug-likeness (QED) is 0.664. The summed E-state index contributed by atoms with van der Waals surface area (Å²) in [6.45, 7) is 0. The highest BCUT2D eigenvalue weighted by Gasteiger charge is 2.55. The highest BCUT2D eigenvalue weighted by molar-refractivity contribution is 7.91. The van der Waals surface area contributed by atoms with Crippen LogP contribution in [0, 0.1) is 0 Å². The SMILES string of the molecule is C[N+]1(c2ccc(Cl)cc2C(=O)O)C(C(N)=O)=C(O)c2ccccc2S1(=O)=O. The molecule has 0 radical (unpaired) electrons. The average Bonchev–Trinajstić information content (AvgIpc) is 2.60. The van der Waals surface area contributed by atoms with E-state index in [0.717, 1.165) is 13.1 Å². The van der Waals surface area contributed by atoms with Crippen LogP contribution in [0.2, 0.25) is 5.02 Å². The number of halogens is 1. The van der Waals surface area contributed by atoms with Crippen LogP contribution in [0.3, 0.4) is 0 Å². The third kappa shape index (κ3) is 2.51.